The third-order valence-electron chi connectivity index (χ3n) is 5.92. The Labute approximate surface area is 173 Å². The molecule has 30 heavy (non-hydrogen) atoms. The van der Waals surface area contributed by atoms with Crippen LogP contribution in [-0.2, 0) is 4.79 Å². The highest BCUT2D eigenvalue weighted by molar-refractivity contribution is 5.93. The zero-order valence-corrected chi connectivity index (χ0v) is 17.0. The number of nitrogens with one attached hydrogen (secondary N) is 3. The lowest BCUT2D eigenvalue weighted by Gasteiger charge is -2.38. The lowest BCUT2D eigenvalue weighted by atomic mass is 9.81. The molecule has 0 bridgehead atoms. The van der Waals surface area contributed by atoms with Crippen molar-refractivity contribution in [3.05, 3.63) is 37.1 Å². The lowest BCUT2D eigenvalue weighted by Crippen LogP contribution is -2.49. The Bertz CT molecular complexity index is 1220. The first kappa shape index (κ1) is 18.5. The van der Waals surface area contributed by atoms with Crippen LogP contribution in [0.1, 0.15) is 39.5 Å². The van der Waals surface area contributed by atoms with Crippen LogP contribution in [0, 0.1) is 0 Å². The lowest BCUT2D eigenvalue weighted by molar-refractivity contribution is -0.121. The van der Waals surface area contributed by atoms with Gasteiger partial charge in [0.1, 0.15) is 12.0 Å². The molecule has 0 radical (unpaired) electrons. The number of carbonyl (C=O) groups is 1. The maximum absolute atomic E-state index is 11.4. The number of H-pyrrole nitrogens is 1. The second-order valence-corrected chi connectivity index (χ2v) is 8.30. The van der Waals surface area contributed by atoms with E-state index in [1.54, 1.807) is 17.8 Å². The van der Waals surface area contributed by atoms with Crippen LogP contribution in [-0.4, -0.2) is 47.0 Å². The van der Waals surface area contributed by atoms with Gasteiger partial charge < -0.3 is 15.6 Å². The van der Waals surface area contributed by atoms with Crippen LogP contribution in [0.2, 0.25) is 0 Å². The molecular weight excluding hydrogens is 380 g/mol. The Hall–Kier alpha value is -3.49. The minimum Gasteiger partial charge on any atom is -0.351 e. The maximum Gasteiger partial charge on any atom is 0.224 e. The number of nitrogens with zero attached hydrogens (tertiary/aromatic N) is 5. The highest BCUT2D eigenvalue weighted by Crippen LogP contribution is 2.31. The molecule has 0 aromatic carbocycles. The predicted molar refractivity (Wildman–Crippen MR) is 114 cm³/mol. The highest BCUT2D eigenvalue weighted by atomic mass is 16.1. The van der Waals surface area contributed by atoms with Gasteiger partial charge in [0.25, 0.3) is 0 Å². The SMILES string of the molecule is CC(=O)NC1(C)CCC(Nc2ncc3c(-c4ccc5ncnn5c4)c[nH]c3n2)CC1. The molecule has 0 unspecified atom stereocenters. The van der Waals surface area contributed by atoms with Gasteiger partial charge >= 0.3 is 0 Å². The first-order valence-corrected chi connectivity index (χ1v) is 10.2. The molecular formula is C21H24N8O. The topological polar surface area (TPSA) is 113 Å². The molecule has 1 amide bonds. The number of aromatic amines is 1. The minimum atomic E-state index is -0.117. The number of amides is 1. The molecule has 0 atom stereocenters. The molecule has 1 fully saturated rings. The van der Waals surface area contributed by atoms with E-state index in [1.165, 1.54) is 0 Å². The number of hydrogen-bond acceptors (Lipinski definition) is 6. The number of carbonyl (C=O) groups excluding carboxylic acids is 1. The minimum absolute atomic E-state index is 0.0308. The summed E-state index contributed by atoms with van der Waals surface area (Å²) in [5, 5.41) is 11.7. The summed E-state index contributed by atoms with van der Waals surface area (Å²) in [5.74, 6) is 0.652. The van der Waals surface area contributed by atoms with Gasteiger partial charge in [0.15, 0.2) is 5.65 Å². The fraction of sp³-hybridized carbons (Fsp3) is 0.381. The molecule has 4 aromatic heterocycles. The van der Waals surface area contributed by atoms with Gasteiger partial charge in [-0.3, -0.25) is 4.79 Å². The Balaban J connectivity index is 1.32. The normalized spacial score (nSPS) is 21.7. The fourth-order valence-electron chi connectivity index (χ4n) is 4.32. The molecule has 9 heteroatoms. The Morgan fingerprint density at radius 2 is 2.10 bits per heavy atom. The summed E-state index contributed by atoms with van der Waals surface area (Å²) in [4.78, 5) is 28.1. The highest BCUT2D eigenvalue weighted by Gasteiger charge is 2.31. The Kier molecular flexibility index (Phi) is 4.38. The molecule has 1 saturated carbocycles. The second kappa shape index (κ2) is 7.08. The Morgan fingerprint density at radius 1 is 1.27 bits per heavy atom. The molecule has 9 nitrogen and oxygen atoms in total. The van der Waals surface area contributed by atoms with Crippen LogP contribution in [0.15, 0.2) is 37.1 Å². The number of anilines is 1. The van der Waals surface area contributed by atoms with E-state index in [1.807, 2.05) is 30.7 Å². The first-order valence-electron chi connectivity index (χ1n) is 10.2. The number of hydrogen-bond donors (Lipinski definition) is 3. The average molecular weight is 404 g/mol. The summed E-state index contributed by atoms with van der Waals surface area (Å²) >= 11 is 0. The third kappa shape index (κ3) is 3.47. The van der Waals surface area contributed by atoms with E-state index in [-0.39, 0.29) is 11.4 Å². The van der Waals surface area contributed by atoms with Crippen molar-refractivity contribution in [2.75, 3.05) is 5.32 Å². The molecule has 154 valence electrons. The van der Waals surface area contributed by atoms with Crippen LogP contribution in [0.25, 0.3) is 27.8 Å². The van der Waals surface area contributed by atoms with Gasteiger partial charge in [-0.15, -0.1) is 0 Å². The van der Waals surface area contributed by atoms with Crippen molar-refractivity contribution in [2.24, 2.45) is 0 Å². The van der Waals surface area contributed by atoms with Gasteiger partial charge in [0.05, 0.1) is 0 Å². The van der Waals surface area contributed by atoms with E-state index in [9.17, 15) is 4.79 Å². The summed E-state index contributed by atoms with van der Waals surface area (Å²) < 4.78 is 1.75. The van der Waals surface area contributed by atoms with Crippen molar-refractivity contribution >= 4 is 28.5 Å². The maximum atomic E-state index is 11.4. The molecule has 0 saturated heterocycles. The van der Waals surface area contributed by atoms with E-state index in [0.717, 1.165) is 53.5 Å². The first-order chi connectivity index (χ1) is 14.5. The summed E-state index contributed by atoms with van der Waals surface area (Å²) in [7, 11) is 0. The van der Waals surface area contributed by atoms with Crippen molar-refractivity contribution in [1.82, 2.24) is 34.9 Å². The average Bonchev–Trinajstić information content (AvgIpc) is 3.35. The summed E-state index contributed by atoms with van der Waals surface area (Å²) in [6.07, 6.45) is 11.1. The van der Waals surface area contributed by atoms with Gasteiger partial charge in [-0.25, -0.2) is 14.5 Å². The Morgan fingerprint density at radius 3 is 2.90 bits per heavy atom. The number of fused-ring (bicyclic) bond motifs is 2. The van der Waals surface area contributed by atoms with Crippen molar-refractivity contribution < 1.29 is 4.79 Å². The van der Waals surface area contributed by atoms with Crippen molar-refractivity contribution in [3.63, 3.8) is 0 Å². The standard InChI is InChI=1S/C21H24N8O/c1-13(30)28-21(2)7-5-15(6-8-21)26-20-23-10-17-16(9-22-19(17)27-20)14-3-4-18-24-12-25-29(18)11-14/h3-4,9-12,15H,5-8H2,1-2H3,(H,28,30)(H2,22,23,26,27). The van der Waals surface area contributed by atoms with Crippen molar-refractivity contribution in [1.29, 1.82) is 0 Å². The van der Waals surface area contributed by atoms with Crippen LogP contribution in [0.5, 0.6) is 0 Å². The molecule has 1 aliphatic rings. The molecule has 4 aromatic rings. The van der Waals surface area contributed by atoms with Crippen molar-refractivity contribution in [2.45, 2.75) is 51.1 Å². The quantitative estimate of drug-likeness (QED) is 0.482. The van der Waals surface area contributed by atoms with Crippen LogP contribution >= 0.6 is 0 Å². The largest absolute Gasteiger partial charge is 0.351 e. The third-order valence-corrected chi connectivity index (χ3v) is 5.92. The van der Waals surface area contributed by atoms with E-state index < -0.39 is 0 Å². The number of rotatable bonds is 4. The van der Waals surface area contributed by atoms with Gasteiger partial charge in [0.2, 0.25) is 11.9 Å². The zero-order chi connectivity index (χ0) is 20.7. The monoisotopic (exact) mass is 404 g/mol. The zero-order valence-electron chi connectivity index (χ0n) is 17.0. The van der Waals surface area contributed by atoms with Crippen LogP contribution in [0.4, 0.5) is 5.95 Å². The molecule has 1 aliphatic carbocycles. The predicted octanol–water partition coefficient (Wildman–Crippen LogP) is 2.92. The second-order valence-electron chi connectivity index (χ2n) is 8.30. The van der Waals surface area contributed by atoms with E-state index >= 15 is 0 Å². The molecule has 4 heterocycles. The molecule has 5 rings (SSSR count). The smallest absolute Gasteiger partial charge is 0.224 e. The van der Waals surface area contributed by atoms with E-state index in [4.69, 9.17) is 0 Å². The van der Waals surface area contributed by atoms with Gasteiger partial charge in [-0.1, -0.05) is 0 Å². The summed E-state index contributed by atoms with van der Waals surface area (Å²) in [6.45, 7) is 3.69. The van der Waals surface area contributed by atoms with Gasteiger partial charge in [-0.05, 0) is 44.7 Å². The fourth-order valence-corrected chi connectivity index (χ4v) is 4.32. The number of pyridine rings is 1. The van der Waals surface area contributed by atoms with E-state index in [2.05, 4.69) is 42.6 Å². The summed E-state index contributed by atoms with van der Waals surface area (Å²) in [5.41, 5.74) is 3.53. The molecule has 0 aliphatic heterocycles. The summed E-state index contributed by atoms with van der Waals surface area (Å²) in [6, 6.07) is 4.26. The molecule has 0 spiro atoms. The van der Waals surface area contributed by atoms with Crippen LogP contribution in [0.3, 0.4) is 0 Å². The number of aromatic nitrogens is 6. The van der Waals surface area contributed by atoms with Crippen molar-refractivity contribution in [3.8, 4) is 11.1 Å². The van der Waals surface area contributed by atoms with Gasteiger partial charge in [0, 0.05) is 53.6 Å². The van der Waals surface area contributed by atoms with E-state index in [0.29, 0.717) is 12.0 Å². The molecule has 3 N–H and O–H groups in total. The van der Waals surface area contributed by atoms with Crippen LogP contribution < -0.4 is 10.6 Å². The van der Waals surface area contributed by atoms with Gasteiger partial charge in [-0.2, -0.15) is 10.1 Å².